The van der Waals surface area contributed by atoms with Crippen LogP contribution in [0.4, 0.5) is 0 Å². The first-order valence-corrected chi connectivity index (χ1v) is 12.7. The molecule has 0 aromatic carbocycles. The Morgan fingerprint density at radius 1 is 1.18 bits per heavy atom. The summed E-state index contributed by atoms with van der Waals surface area (Å²) in [6.07, 6.45) is 12.4. The summed E-state index contributed by atoms with van der Waals surface area (Å²) in [5, 5.41) is 1.57. The molecule has 0 heterocycles. The van der Waals surface area contributed by atoms with Crippen LogP contribution in [0.1, 0.15) is 51.9 Å². The minimum absolute atomic E-state index is 0. The zero-order valence-corrected chi connectivity index (χ0v) is 18.1. The van der Waals surface area contributed by atoms with E-state index < -0.39 is 8.07 Å². The third-order valence-electron chi connectivity index (χ3n) is 3.54. The summed E-state index contributed by atoms with van der Waals surface area (Å²) < 4.78 is 4.72. The summed E-state index contributed by atoms with van der Waals surface area (Å²) in [6.45, 7) is 9.37. The van der Waals surface area contributed by atoms with Crippen molar-refractivity contribution in [1.82, 2.24) is 4.17 Å². The fraction of sp³-hybridized carbons (Fsp3) is 0.688. The van der Waals surface area contributed by atoms with Crippen molar-refractivity contribution in [1.29, 1.82) is 0 Å². The van der Waals surface area contributed by atoms with E-state index in [1.54, 1.807) is 5.20 Å². The molecule has 22 heavy (non-hydrogen) atoms. The van der Waals surface area contributed by atoms with Gasteiger partial charge in [0.05, 0.1) is 0 Å². The number of carbonyl (C=O) groups excluding carboxylic acids is 1. The van der Waals surface area contributed by atoms with Gasteiger partial charge >= 0.3 is 133 Å². The third kappa shape index (κ3) is 9.47. The molecule has 6 heteroatoms. The molecule has 0 aromatic heterocycles. The standard InChI is InChI=1S/C8H17NO.C8H13Si.2ClH.V/c1-2-3-4-5-6-7-8(9)10;1-9(2,3)8-6-4-5-7-8;;;/h2-7H2,1H3,(H2,9,10);4,6H,5H2,1-3H3;2*1H;/q;;;;+3/p-3. The molecule has 0 radical (unpaired) electrons. The van der Waals surface area contributed by atoms with Gasteiger partial charge in [0, 0.05) is 0 Å². The smallest absolute Gasteiger partial charge is 1.00 e. The molecule has 0 bridgehead atoms. The summed E-state index contributed by atoms with van der Waals surface area (Å²) in [6, 6.07) is 0. The normalized spacial score (nSPS) is 13.3. The topological polar surface area (TPSA) is 29.1 Å². The maximum absolute atomic E-state index is 11.9. The molecule has 1 N–H and O–H groups in total. The molecule has 127 valence electrons. The van der Waals surface area contributed by atoms with Crippen molar-refractivity contribution in [3.63, 3.8) is 0 Å². The van der Waals surface area contributed by atoms with Gasteiger partial charge < -0.3 is 24.8 Å². The van der Waals surface area contributed by atoms with E-state index in [-0.39, 0.29) is 47.2 Å². The van der Waals surface area contributed by atoms with Crippen LogP contribution in [-0.4, -0.2) is 14.0 Å². The van der Waals surface area contributed by atoms with Crippen LogP contribution in [0.15, 0.2) is 21.6 Å². The molecule has 0 aliphatic heterocycles. The number of hydrogen-bond donors (Lipinski definition) is 1. The summed E-state index contributed by atoms with van der Waals surface area (Å²) in [4.78, 5) is 11.9. The maximum atomic E-state index is 11.9. The molecule has 2 nitrogen and oxygen atoms in total. The molecule has 1 aliphatic carbocycles. The first-order valence-electron chi connectivity index (χ1n) is 7.85. The Morgan fingerprint density at radius 2 is 1.82 bits per heavy atom. The monoisotopic (exact) mass is 400 g/mol. The molecule has 0 atom stereocenters. The molecule has 1 aliphatic rings. The molecular formula is C16H29Cl2NOSiV. The maximum Gasteiger partial charge on any atom is -1.00 e. The first-order chi connectivity index (χ1) is 9.45. The van der Waals surface area contributed by atoms with Crippen LogP contribution in [0.5, 0.6) is 0 Å². The third-order valence-corrected chi connectivity index (χ3v) is 7.60. The molecule has 1 amide bonds. The number of halogens is 2. The minimum Gasteiger partial charge on any atom is -1.00 e. The van der Waals surface area contributed by atoms with Crippen molar-refractivity contribution in [2.45, 2.75) is 71.5 Å². The van der Waals surface area contributed by atoms with Gasteiger partial charge in [0.1, 0.15) is 0 Å². The van der Waals surface area contributed by atoms with Gasteiger partial charge in [0.25, 0.3) is 0 Å². The fourth-order valence-corrected chi connectivity index (χ4v) is 6.94. The van der Waals surface area contributed by atoms with Gasteiger partial charge in [-0.25, -0.2) is 0 Å². The van der Waals surface area contributed by atoms with E-state index in [0.29, 0.717) is 6.42 Å². The van der Waals surface area contributed by atoms with Crippen LogP contribution in [0.3, 0.4) is 0 Å². The summed E-state index contributed by atoms with van der Waals surface area (Å²) in [7, 11) is -1.23. The second-order valence-corrected chi connectivity index (χ2v) is 13.1. The Bertz CT molecular complexity index is 392. The van der Waals surface area contributed by atoms with Gasteiger partial charge in [0.2, 0.25) is 0 Å². The molecule has 0 saturated carbocycles. The zero-order chi connectivity index (χ0) is 15.0. The van der Waals surface area contributed by atoms with Crippen molar-refractivity contribution in [2.24, 2.45) is 0 Å². The number of hydrogen-bond acceptors (Lipinski definition) is 1. The molecule has 0 saturated heterocycles. The van der Waals surface area contributed by atoms with Crippen LogP contribution in [0.2, 0.25) is 19.6 Å². The molecule has 0 spiro atoms. The van der Waals surface area contributed by atoms with Crippen LogP contribution in [0, 0.1) is 0 Å². The number of unbranched alkanes of at least 4 members (excludes halogenated alkanes) is 4. The van der Waals surface area contributed by atoms with Crippen LogP contribution < -0.4 is 29.0 Å². The largest absolute Gasteiger partial charge is 1.00 e. The molecule has 0 fully saturated rings. The van der Waals surface area contributed by atoms with E-state index in [2.05, 4.69) is 42.9 Å². The molecule has 0 unspecified atom stereocenters. The summed E-state index contributed by atoms with van der Waals surface area (Å²) in [5.74, 6) is 0.260. The average Bonchev–Trinajstić information content (AvgIpc) is 2.84. The number of carbonyl (C=O) groups is 1. The Balaban J connectivity index is 0. The van der Waals surface area contributed by atoms with Gasteiger partial charge in [-0.3, -0.25) is 0 Å². The Labute approximate surface area is 157 Å². The van der Waals surface area contributed by atoms with Gasteiger partial charge in [-0.05, 0) is 0 Å². The minimum atomic E-state index is -1.23. The first kappa shape index (κ1) is 24.6. The number of allylic oxidation sites excluding steroid dienone is 4. The predicted octanol–water partition coefficient (Wildman–Crippen LogP) is -1.44. The van der Waals surface area contributed by atoms with E-state index in [0.717, 1.165) is 12.8 Å². The second-order valence-electron chi connectivity index (χ2n) is 6.53. The fourth-order valence-electron chi connectivity index (χ4n) is 2.36. The second kappa shape index (κ2) is 12.7. The molecule has 0 aromatic rings. The van der Waals surface area contributed by atoms with Crippen molar-refractivity contribution in [3.05, 3.63) is 21.6 Å². The number of amides is 1. The van der Waals surface area contributed by atoms with Crippen molar-refractivity contribution < 1.29 is 46.1 Å². The summed E-state index contributed by atoms with van der Waals surface area (Å²) >= 11 is -0.147. The van der Waals surface area contributed by atoms with Gasteiger partial charge in [-0.1, -0.05) is 0 Å². The van der Waals surface area contributed by atoms with E-state index in [9.17, 15) is 4.79 Å². The van der Waals surface area contributed by atoms with E-state index in [4.69, 9.17) is 0 Å². The summed E-state index contributed by atoms with van der Waals surface area (Å²) in [5.41, 5.74) is 0. The molecular weight excluding hydrogens is 372 g/mol. The van der Waals surface area contributed by atoms with Crippen LogP contribution in [-0.2, 0) is 21.3 Å². The van der Waals surface area contributed by atoms with Crippen molar-refractivity contribution in [2.75, 3.05) is 0 Å². The van der Waals surface area contributed by atoms with Crippen molar-refractivity contribution >= 4 is 14.0 Å². The van der Waals surface area contributed by atoms with Gasteiger partial charge in [0.15, 0.2) is 0 Å². The van der Waals surface area contributed by atoms with Crippen molar-refractivity contribution in [3.8, 4) is 0 Å². The quantitative estimate of drug-likeness (QED) is 0.372. The SMILES string of the molecule is CCCCCCCC(=O)[NH][V+2][C]1=C([Si](C)(C)C)C=CC1.[Cl-].[Cl-]. The van der Waals surface area contributed by atoms with Gasteiger partial charge in [-0.15, -0.1) is 0 Å². The number of rotatable bonds is 9. The van der Waals surface area contributed by atoms with Crippen LogP contribution in [0.25, 0.3) is 0 Å². The van der Waals surface area contributed by atoms with E-state index in [1.807, 2.05) is 0 Å². The van der Waals surface area contributed by atoms with Gasteiger partial charge in [-0.2, -0.15) is 0 Å². The molecule has 1 rings (SSSR count). The van der Waals surface area contributed by atoms with E-state index in [1.165, 1.54) is 30.0 Å². The van der Waals surface area contributed by atoms with Crippen LogP contribution >= 0.6 is 0 Å². The Morgan fingerprint density at radius 3 is 2.41 bits per heavy atom. The predicted molar refractivity (Wildman–Crippen MR) is 85.6 cm³/mol. The van der Waals surface area contributed by atoms with E-state index >= 15 is 0 Å². The number of nitrogens with one attached hydrogen (secondary N) is 1. The Hall–Kier alpha value is 0.331. The Kier molecular flexibility index (Phi) is 14.2. The zero-order valence-electron chi connectivity index (χ0n) is 14.2. The average molecular weight is 401 g/mol.